The van der Waals surface area contributed by atoms with Gasteiger partial charge in [0.1, 0.15) is 0 Å². The molecule has 1 aliphatic rings. The Bertz CT molecular complexity index is 198. The van der Waals surface area contributed by atoms with E-state index in [1.54, 1.807) is 0 Å². The van der Waals surface area contributed by atoms with E-state index in [0.717, 1.165) is 25.7 Å². The normalized spacial score (nSPS) is 26.7. The first-order valence-electron chi connectivity index (χ1n) is 5.86. The first-order chi connectivity index (χ1) is 7.08. The lowest BCUT2D eigenvalue weighted by atomic mass is 9.92. The standard InChI is InChI=1S/C11H23N3O/c1-8(2)13-7-11(15)14-10-5-3-9(12)4-6-10/h8-10,13H,3-7,12H2,1-2H3,(H,14,15). The monoisotopic (exact) mass is 213 g/mol. The van der Waals surface area contributed by atoms with Crippen molar-refractivity contribution in [3.63, 3.8) is 0 Å². The van der Waals surface area contributed by atoms with Crippen LogP contribution in [0.3, 0.4) is 0 Å². The quantitative estimate of drug-likeness (QED) is 0.632. The summed E-state index contributed by atoms with van der Waals surface area (Å²) in [6.45, 7) is 4.49. The fraction of sp³-hybridized carbons (Fsp3) is 0.909. The molecule has 0 aliphatic heterocycles. The van der Waals surface area contributed by atoms with Gasteiger partial charge in [0, 0.05) is 18.1 Å². The van der Waals surface area contributed by atoms with Crippen LogP contribution in [0.25, 0.3) is 0 Å². The molecular formula is C11H23N3O. The summed E-state index contributed by atoms with van der Waals surface area (Å²) in [5, 5.41) is 6.14. The van der Waals surface area contributed by atoms with Crippen molar-refractivity contribution in [1.82, 2.24) is 10.6 Å². The predicted molar refractivity (Wildman–Crippen MR) is 61.5 cm³/mol. The summed E-state index contributed by atoms with van der Waals surface area (Å²) in [5.41, 5.74) is 5.80. The zero-order valence-corrected chi connectivity index (χ0v) is 9.75. The van der Waals surface area contributed by atoms with Gasteiger partial charge in [0.25, 0.3) is 0 Å². The van der Waals surface area contributed by atoms with E-state index in [9.17, 15) is 4.79 Å². The molecule has 0 spiro atoms. The van der Waals surface area contributed by atoms with Gasteiger partial charge in [-0.3, -0.25) is 4.79 Å². The van der Waals surface area contributed by atoms with E-state index in [1.165, 1.54) is 0 Å². The molecule has 1 aliphatic carbocycles. The zero-order chi connectivity index (χ0) is 11.3. The van der Waals surface area contributed by atoms with Crippen molar-refractivity contribution in [1.29, 1.82) is 0 Å². The Labute approximate surface area is 92.0 Å². The third kappa shape index (κ3) is 5.14. The second-order valence-corrected chi connectivity index (χ2v) is 4.71. The van der Waals surface area contributed by atoms with Crippen molar-refractivity contribution >= 4 is 5.91 Å². The number of rotatable bonds is 4. The van der Waals surface area contributed by atoms with Gasteiger partial charge in [-0.05, 0) is 25.7 Å². The van der Waals surface area contributed by atoms with Crippen LogP contribution in [0.4, 0.5) is 0 Å². The van der Waals surface area contributed by atoms with Crippen LogP contribution in [-0.4, -0.2) is 30.6 Å². The number of carbonyl (C=O) groups is 1. The van der Waals surface area contributed by atoms with Crippen LogP contribution < -0.4 is 16.4 Å². The van der Waals surface area contributed by atoms with Crippen molar-refractivity contribution < 1.29 is 4.79 Å². The molecule has 4 nitrogen and oxygen atoms in total. The first-order valence-corrected chi connectivity index (χ1v) is 5.86. The van der Waals surface area contributed by atoms with Crippen LogP contribution in [0.5, 0.6) is 0 Å². The number of nitrogens with two attached hydrogens (primary N) is 1. The Morgan fingerprint density at radius 2 is 1.93 bits per heavy atom. The minimum absolute atomic E-state index is 0.101. The van der Waals surface area contributed by atoms with Gasteiger partial charge in [0.05, 0.1) is 6.54 Å². The van der Waals surface area contributed by atoms with Crippen LogP contribution in [0.15, 0.2) is 0 Å². The SMILES string of the molecule is CC(C)NCC(=O)NC1CCC(N)CC1. The van der Waals surface area contributed by atoms with Crippen LogP contribution in [0.1, 0.15) is 39.5 Å². The number of nitrogens with one attached hydrogen (secondary N) is 2. The molecule has 15 heavy (non-hydrogen) atoms. The van der Waals surface area contributed by atoms with E-state index in [4.69, 9.17) is 5.73 Å². The summed E-state index contributed by atoms with van der Waals surface area (Å²) < 4.78 is 0. The Hall–Kier alpha value is -0.610. The lowest BCUT2D eigenvalue weighted by molar-refractivity contribution is -0.121. The third-order valence-corrected chi connectivity index (χ3v) is 2.81. The van der Waals surface area contributed by atoms with Gasteiger partial charge in [0.15, 0.2) is 0 Å². The third-order valence-electron chi connectivity index (χ3n) is 2.81. The highest BCUT2D eigenvalue weighted by Gasteiger charge is 2.19. The van der Waals surface area contributed by atoms with Crippen molar-refractivity contribution in [2.75, 3.05) is 6.54 Å². The average molecular weight is 213 g/mol. The van der Waals surface area contributed by atoms with Crippen molar-refractivity contribution in [3.05, 3.63) is 0 Å². The topological polar surface area (TPSA) is 67.2 Å². The molecule has 0 bridgehead atoms. The molecule has 1 amide bonds. The minimum Gasteiger partial charge on any atom is -0.352 e. The maximum Gasteiger partial charge on any atom is 0.234 e. The van der Waals surface area contributed by atoms with Gasteiger partial charge in [-0.1, -0.05) is 13.8 Å². The summed E-state index contributed by atoms with van der Waals surface area (Å²) in [6.07, 6.45) is 4.11. The minimum atomic E-state index is 0.101. The van der Waals surface area contributed by atoms with Crippen LogP contribution >= 0.6 is 0 Å². The second kappa shape index (κ2) is 6.08. The highest BCUT2D eigenvalue weighted by molar-refractivity contribution is 5.78. The lowest BCUT2D eigenvalue weighted by Crippen LogP contribution is -2.44. The highest BCUT2D eigenvalue weighted by atomic mass is 16.1. The van der Waals surface area contributed by atoms with Crippen LogP contribution in [0.2, 0.25) is 0 Å². The Morgan fingerprint density at radius 1 is 1.33 bits per heavy atom. The number of hydrogen-bond donors (Lipinski definition) is 3. The van der Waals surface area contributed by atoms with E-state index in [1.807, 2.05) is 13.8 Å². The molecule has 88 valence electrons. The van der Waals surface area contributed by atoms with Gasteiger partial charge < -0.3 is 16.4 Å². The van der Waals surface area contributed by atoms with Crippen molar-refractivity contribution in [3.8, 4) is 0 Å². The first kappa shape index (κ1) is 12.5. The molecule has 0 atom stereocenters. The number of amides is 1. The molecular weight excluding hydrogens is 190 g/mol. The second-order valence-electron chi connectivity index (χ2n) is 4.71. The Balaban J connectivity index is 2.15. The van der Waals surface area contributed by atoms with Crippen LogP contribution in [-0.2, 0) is 4.79 Å². The van der Waals surface area contributed by atoms with Crippen molar-refractivity contribution in [2.45, 2.75) is 57.7 Å². The fourth-order valence-corrected chi connectivity index (χ4v) is 1.84. The van der Waals surface area contributed by atoms with E-state index in [2.05, 4.69) is 10.6 Å². The molecule has 0 unspecified atom stereocenters. The number of carbonyl (C=O) groups excluding carboxylic acids is 1. The van der Waals surface area contributed by atoms with Crippen molar-refractivity contribution in [2.24, 2.45) is 5.73 Å². The van der Waals surface area contributed by atoms with E-state index < -0.39 is 0 Å². The molecule has 0 heterocycles. The molecule has 0 aromatic carbocycles. The maximum absolute atomic E-state index is 11.5. The van der Waals surface area contributed by atoms with Gasteiger partial charge in [-0.25, -0.2) is 0 Å². The van der Waals surface area contributed by atoms with E-state index >= 15 is 0 Å². The van der Waals surface area contributed by atoms with Gasteiger partial charge in [0.2, 0.25) is 5.91 Å². The molecule has 1 rings (SSSR count). The van der Waals surface area contributed by atoms with Gasteiger partial charge in [-0.2, -0.15) is 0 Å². The smallest absolute Gasteiger partial charge is 0.234 e. The molecule has 1 fully saturated rings. The summed E-state index contributed by atoms with van der Waals surface area (Å²) in [4.78, 5) is 11.5. The Morgan fingerprint density at radius 3 is 2.47 bits per heavy atom. The molecule has 0 radical (unpaired) electrons. The summed E-state index contributed by atoms with van der Waals surface area (Å²) in [6, 6.07) is 1.04. The zero-order valence-electron chi connectivity index (χ0n) is 9.75. The summed E-state index contributed by atoms with van der Waals surface area (Å²) >= 11 is 0. The highest BCUT2D eigenvalue weighted by Crippen LogP contribution is 2.16. The maximum atomic E-state index is 11.5. The number of hydrogen-bond acceptors (Lipinski definition) is 3. The van der Waals surface area contributed by atoms with E-state index in [-0.39, 0.29) is 5.91 Å². The molecule has 0 saturated heterocycles. The molecule has 4 N–H and O–H groups in total. The largest absolute Gasteiger partial charge is 0.352 e. The molecule has 0 aromatic heterocycles. The molecule has 4 heteroatoms. The summed E-state index contributed by atoms with van der Waals surface area (Å²) in [5.74, 6) is 0.101. The Kier molecular flexibility index (Phi) is 5.05. The fourth-order valence-electron chi connectivity index (χ4n) is 1.84. The average Bonchev–Trinajstić information content (AvgIpc) is 2.19. The lowest BCUT2D eigenvalue weighted by Gasteiger charge is -2.26. The molecule has 0 aromatic rings. The predicted octanol–water partition coefficient (Wildman–Crippen LogP) is 0.371. The molecule has 1 saturated carbocycles. The van der Waals surface area contributed by atoms with Gasteiger partial charge in [-0.15, -0.1) is 0 Å². The van der Waals surface area contributed by atoms with Crippen LogP contribution in [0, 0.1) is 0 Å². The van der Waals surface area contributed by atoms with Gasteiger partial charge >= 0.3 is 0 Å². The summed E-state index contributed by atoms with van der Waals surface area (Å²) in [7, 11) is 0. The van der Waals surface area contributed by atoms with E-state index in [0.29, 0.717) is 24.7 Å².